The van der Waals surface area contributed by atoms with Gasteiger partial charge < -0.3 is 19.5 Å². The summed E-state index contributed by atoms with van der Waals surface area (Å²) in [5, 5.41) is 19.7. The van der Waals surface area contributed by atoms with E-state index in [0.717, 1.165) is 10.7 Å². The third-order valence-electron chi connectivity index (χ3n) is 5.16. The topological polar surface area (TPSA) is 125 Å². The maximum Gasteiger partial charge on any atom is 0.317 e. The highest BCUT2D eigenvalue weighted by Gasteiger charge is 2.38. The van der Waals surface area contributed by atoms with E-state index >= 15 is 4.39 Å². The molecule has 1 unspecified atom stereocenters. The lowest BCUT2D eigenvalue weighted by molar-refractivity contribution is -0.138. The molecule has 0 radical (unpaired) electrons. The van der Waals surface area contributed by atoms with E-state index in [-0.39, 0.29) is 30.1 Å². The van der Waals surface area contributed by atoms with Gasteiger partial charge in [-0.05, 0) is 36.6 Å². The molecule has 2 aliphatic rings. The zero-order valence-corrected chi connectivity index (χ0v) is 16.7. The van der Waals surface area contributed by atoms with E-state index in [1.807, 2.05) is 4.90 Å². The second kappa shape index (κ2) is 8.17. The van der Waals surface area contributed by atoms with Crippen molar-refractivity contribution in [3.05, 3.63) is 30.1 Å². The first-order valence-corrected chi connectivity index (χ1v) is 10.4. The summed E-state index contributed by atoms with van der Waals surface area (Å²) < 4.78 is 36.1. The molecule has 9 nitrogen and oxygen atoms in total. The van der Waals surface area contributed by atoms with E-state index in [4.69, 9.17) is 9.84 Å². The Labute approximate surface area is 174 Å². The van der Waals surface area contributed by atoms with Crippen LogP contribution in [0.2, 0.25) is 0 Å². The summed E-state index contributed by atoms with van der Waals surface area (Å²) in [6.07, 6.45) is 0.815. The quantitative estimate of drug-likeness (QED) is 0.572. The molecule has 30 heavy (non-hydrogen) atoms. The molecular formula is C19H20FN3O6S. The van der Waals surface area contributed by atoms with Crippen LogP contribution in [0.3, 0.4) is 0 Å². The first kappa shape index (κ1) is 20.5. The molecule has 0 saturated carbocycles. The number of phenols is 1. The number of hydrogen-bond acceptors (Lipinski definition) is 7. The van der Waals surface area contributed by atoms with Crippen LogP contribution >= 0.6 is 0 Å². The highest BCUT2D eigenvalue weighted by molar-refractivity contribution is 7.92. The number of benzene rings is 2. The van der Waals surface area contributed by atoms with Gasteiger partial charge in [0.25, 0.3) is 5.91 Å². The van der Waals surface area contributed by atoms with Gasteiger partial charge in [-0.3, -0.25) is 14.5 Å². The highest BCUT2D eigenvalue weighted by atomic mass is 32.2. The van der Waals surface area contributed by atoms with Crippen LogP contribution in [0.4, 0.5) is 10.1 Å². The number of aliphatic carboxylic acids is 1. The fourth-order valence-electron chi connectivity index (χ4n) is 3.77. The number of halogens is 1. The maximum absolute atomic E-state index is 15.2. The summed E-state index contributed by atoms with van der Waals surface area (Å²) in [5.41, 5.74) is -0.309. The number of carbonyl (C=O) groups excluding carboxylic acids is 1. The number of nitrogens with zero attached hydrogens (tertiary/aromatic N) is 2. The van der Waals surface area contributed by atoms with Crippen LogP contribution in [0.15, 0.2) is 24.3 Å². The van der Waals surface area contributed by atoms with Crippen molar-refractivity contribution in [2.45, 2.75) is 6.42 Å². The molecule has 2 fully saturated rings. The summed E-state index contributed by atoms with van der Waals surface area (Å²) >= 11 is -1.97. The molecule has 3 N–H and O–H groups in total. The van der Waals surface area contributed by atoms with E-state index in [2.05, 4.69) is 4.72 Å². The number of carbonyl (C=O) groups is 2. The standard InChI is InChI=1S/C19H20FN3O6S/c20-18-14-6-13(29-10-11-3-4-22(7-11)9-17(26)27)2-1-12(14)5-15(24)19(18)23-8-16(25)21-30(23)28/h1-2,5-6,11,24H,3-4,7-10H2,(H,21,25)(H,26,27)/t11-,30?/m0/s1. The second-order valence-corrected chi connectivity index (χ2v) is 8.49. The molecule has 11 heteroatoms. The lowest BCUT2D eigenvalue weighted by Crippen LogP contribution is -2.30. The van der Waals surface area contributed by atoms with Crippen molar-refractivity contribution in [1.82, 2.24) is 9.62 Å². The van der Waals surface area contributed by atoms with Gasteiger partial charge in [-0.1, -0.05) is 6.07 Å². The van der Waals surface area contributed by atoms with Gasteiger partial charge in [-0.2, -0.15) is 4.31 Å². The number of anilines is 1. The molecule has 2 aromatic rings. The number of hydrogen-bond donors (Lipinski definition) is 3. The van der Waals surface area contributed by atoms with Gasteiger partial charge in [0.05, 0.1) is 13.2 Å². The molecule has 2 saturated heterocycles. The zero-order valence-electron chi connectivity index (χ0n) is 15.8. The number of carboxylic acid groups (broad SMARTS) is 1. The van der Waals surface area contributed by atoms with Crippen LogP contribution in [-0.4, -0.2) is 64.3 Å². The van der Waals surface area contributed by atoms with Gasteiger partial charge in [-0.25, -0.2) is 4.39 Å². The minimum Gasteiger partial charge on any atom is -0.568 e. The van der Waals surface area contributed by atoms with Crippen LogP contribution in [0.5, 0.6) is 11.5 Å². The number of aromatic hydroxyl groups is 1. The zero-order chi connectivity index (χ0) is 21.4. The Kier molecular flexibility index (Phi) is 5.58. The molecule has 4 rings (SSSR count). The van der Waals surface area contributed by atoms with Crippen LogP contribution in [-0.2, 0) is 21.1 Å². The van der Waals surface area contributed by atoms with Gasteiger partial charge in [0.15, 0.2) is 29.6 Å². The molecule has 0 bridgehead atoms. The van der Waals surface area contributed by atoms with Crippen LogP contribution in [0, 0.1) is 11.7 Å². The molecule has 2 heterocycles. The van der Waals surface area contributed by atoms with Crippen LogP contribution in [0.25, 0.3) is 10.8 Å². The molecule has 160 valence electrons. The highest BCUT2D eigenvalue weighted by Crippen LogP contribution is 2.39. The van der Waals surface area contributed by atoms with Crippen LogP contribution in [0.1, 0.15) is 6.42 Å². The first-order valence-electron chi connectivity index (χ1n) is 9.33. The molecular weight excluding hydrogens is 417 g/mol. The number of rotatable bonds is 6. The number of amides is 1. The van der Waals surface area contributed by atoms with E-state index < -0.39 is 35.0 Å². The van der Waals surface area contributed by atoms with E-state index in [9.17, 15) is 19.2 Å². The monoisotopic (exact) mass is 437 g/mol. The second-order valence-electron chi connectivity index (χ2n) is 7.35. The van der Waals surface area contributed by atoms with Crippen molar-refractivity contribution in [3.63, 3.8) is 0 Å². The minimum absolute atomic E-state index is 0.000807. The van der Waals surface area contributed by atoms with Crippen molar-refractivity contribution >= 4 is 39.9 Å². The Morgan fingerprint density at radius 1 is 1.40 bits per heavy atom. The number of ether oxygens (including phenoxy) is 1. The summed E-state index contributed by atoms with van der Waals surface area (Å²) in [6.45, 7) is 1.35. The average molecular weight is 437 g/mol. The molecule has 2 atom stereocenters. The fraction of sp³-hybridized carbons (Fsp3) is 0.368. The van der Waals surface area contributed by atoms with Crippen molar-refractivity contribution in [1.29, 1.82) is 0 Å². The smallest absolute Gasteiger partial charge is 0.317 e. The predicted molar refractivity (Wildman–Crippen MR) is 107 cm³/mol. The molecule has 2 aliphatic heterocycles. The summed E-state index contributed by atoms with van der Waals surface area (Å²) in [7, 11) is 0. The van der Waals surface area contributed by atoms with Gasteiger partial charge in [0.1, 0.15) is 11.5 Å². The lowest BCUT2D eigenvalue weighted by Gasteiger charge is -2.18. The van der Waals surface area contributed by atoms with Gasteiger partial charge >= 0.3 is 5.97 Å². The Hall–Kier alpha value is -2.76. The number of fused-ring (bicyclic) bond motifs is 1. The molecule has 0 aliphatic carbocycles. The summed E-state index contributed by atoms with van der Waals surface area (Å²) in [5.74, 6) is -2.01. The van der Waals surface area contributed by atoms with Gasteiger partial charge in [0, 0.05) is 17.8 Å². The normalized spacial score (nSPS) is 21.9. The molecule has 1 amide bonds. The third kappa shape index (κ3) is 4.09. The van der Waals surface area contributed by atoms with Crippen molar-refractivity contribution < 1.29 is 33.5 Å². The number of carboxylic acids is 1. The Morgan fingerprint density at radius 2 is 2.20 bits per heavy atom. The first-order chi connectivity index (χ1) is 14.3. The van der Waals surface area contributed by atoms with Crippen molar-refractivity contribution in [2.24, 2.45) is 5.92 Å². The number of nitrogens with one attached hydrogen (secondary N) is 1. The van der Waals surface area contributed by atoms with Crippen molar-refractivity contribution in [3.8, 4) is 11.5 Å². The maximum atomic E-state index is 15.2. The number of phenolic OH excluding ortho intramolecular Hbond substituents is 1. The summed E-state index contributed by atoms with van der Waals surface area (Å²) in [4.78, 5) is 24.1. The average Bonchev–Trinajstić information content (AvgIpc) is 3.25. The minimum atomic E-state index is -1.97. The molecule has 0 spiro atoms. The van der Waals surface area contributed by atoms with E-state index in [1.54, 1.807) is 12.1 Å². The molecule has 2 aromatic carbocycles. The lowest BCUT2D eigenvalue weighted by atomic mass is 10.1. The number of likely N-dealkylation sites (tertiary alicyclic amines) is 1. The SMILES string of the molecule is O=C(O)CN1CC[C@H](COc2ccc3cc(O)c(N4CC(=O)N[S+]4[O-])c(F)c3c2)C1. The van der Waals surface area contributed by atoms with Gasteiger partial charge in [-0.15, -0.1) is 4.72 Å². The Bertz CT molecular complexity index is 1010. The Balaban J connectivity index is 1.52. The van der Waals surface area contributed by atoms with Gasteiger partial charge in [0.2, 0.25) is 0 Å². The largest absolute Gasteiger partial charge is 0.568 e. The fourth-order valence-corrected chi connectivity index (χ4v) is 4.71. The van der Waals surface area contributed by atoms with Crippen molar-refractivity contribution in [2.75, 3.05) is 37.1 Å². The summed E-state index contributed by atoms with van der Waals surface area (Å²) in [6, 6.07) is 6.10. The van der Waals surface area contributed by atoms with E-state index in [0.29, 0.717) is 30.8 Å². The Morgan fingerprint density at radius 3 is 2.90 bits per heavy atom. The molecule has 0 aromatic heterocycles. The van der Waals surface area contributed by atoms with Crippen LogP contribution < -0.4 is 13.8 Å². The predicted octanol–water partition coefficient (Wildman–Crippen LogP) is 0.985. The van der Waals surface area contributed by atoms with E-state index in [1.165, 1.54) is 12.1 Å². The third-order valence-corrected chi connectivity index (χ3v) is 6.27.